The third kappa shape index (κ3) is 2.83. The minimum absolute atomic E-state index is 0.0464. The number of hydrogen-bond donors (Lipinski definition) is 1. The van der Waals surface area contributed by atoms with Gasteiger partial charge in [0.2, 0.25) is 11.9 Å². The molecule has 2 saturated carbocycles. The first-order valence-corrected chi connectivity index (χ1v) is 9.31. The minimum atomic E-state index is -1.01. The summed E-state index contributed by atoms with van der Waals surface area (Å²) in [6, 6.07) is 5.70. The number of amides is 2. The summed E-state index contributed by atoms with van der Waals surface area (Å²) >= 11 is 0. The third-order valence-corrected chi connectivity index (χ3v) is 5.81. The average molecular weight is 384 g/mol. The van der Waals surface area contributed by atoms with Gasteiger partial charge in [-0.25, -0.2) is 18.7 Å². The van der Waals surface area contributed by atoms with Crippen molar-refractivity contribution in [3.05, 3.63) is 53.1 Å². The first kappa shape index (κ1) is 17.2. The normalized spacial score (nSPS) is 25.6. The maximum Gasteiger partial charge on any atom is 0.254 e. The Morgan fingerprint density at radius 1 is 1.29 bits per heavy atom. The number of hydrogen-bond acceptors (Lipinski definition) is 4. The molecule has 2 atom stereocenters. The number of halogens is 2. The predicted molar refractivity (Wildman–Crippen MR) is 96.1 cm³/mol. The van der Waals surface area contributed by atoms with Crippen molar-refractivity contribution in [3.8, 4) is 0 Å². The molecule has 2 aromatic rings. The largest absolute Gasteiger partial charge is 0.328 e. The second-order valence-corrected chi connectivity index (χ2v) is 7.84. The SMILES string of the molecule is O=C(CN1C[C@@]2(C[C@H]2F)c2cc(C3CC3)ccc2C1=O)Nc1ncc(F)cn1. The lowest BCUT2D eigenvalue weighted by Gasteiger charge is -2.34. The fourth-order valence-electron chi connectivity index (χ4n) is 4.04. The molecule has 2 heterocycles. The molecule has 5 rings (SSSR count). The first-order chi connectivity index (χ1) is 13.5. The van der Waals surface area contributed by atoms with Gasteiger partial charge in [0.05, 0.1) is 12.4 Å². The average Bonchev–Trinajstić information content (AvgIpc) is 3.59. The second kappa shape index (κ2) is 6.05. The van der Waals surface area contributed by atoms with E-state index in [0.717, 1.165) is 30.8 Å². The van der Waals surface area contributed by atoms with Crippen LogP contribution in [0.4, 0.5) is 14.7 Å². The Hall–Kier alpha value is -2.90. The van der Waals surface area contributed by atoms with Gasteiger partial charge in [0, 0.05) is 17.5 Å². The molecule has 0 unspecified atom stereocenters. The summed E-state index contributed by atoms with van der Waals surface area (Å²) in [7, 11) is 0. The summed E-state index contributed by atoms with van der Waals surface area (Å²) in [4.78, 5) is 33.9. The van der Waals surface area contributed by atoms with Gasteiger partial charge in [-0.3, -0.25) is 14.9 Å². The van der Waals surface area contributed by atoms with E-state index < -0.39 is 23.3 Å². The fourth-order valence-corrected chi connectivity index (χ4v) is 4.04. The van der Waals surface area contributed by atoms with Crippen LogP contribution in [0, 0.1) is 5.82 Å². The number of aromatic nitrogens is 2. The summed E-state index contributed by atoms with van der Waals surface area (Å²) in [6.45, 7) is -0.0658. The van der Waals surface area contributed by atoms with Crippen LogP contribution in [0.3, 0.4) is 0 Å². The molecule has 28 heavy (non-hydrogen) atoms. The summed E-state index contributed by atoms with van der Waals surface area (Å²) in [5.74, 6) is -0.930. The number of alkyl halides is 1. The van der Waals surface area contributed by atoms with Gasteiger partial charge in [-0.2, -0.15) is 0 Å². The number of carbonyl (C=O) groups excluding carboxylic acids is 2. The Bertz CT molecular complexity index is 977. The van der Waals surface area contributed by atoms with Crippen LogP contribution in [0.5, 0.6) is 0 Å². The molecule has 0 saturated heterocycles. The zero-order valence-corrected chi connectivity index (χ0v) is 15.0. The highest BCUT2D eigenvalue weighted by molar-refractivity contribution is 6.01. The number of nitrogens with one attached hydrogen (secondary N) is 1. The van der Waals surface area contributed by atoms with Gasteiger partial charge >= 0.3 is 0 Å². The maximum absolute atomic E-state index is 14.4. The van der Waals surface area contributed by atoms with Crippen molar-refractivity contribution in [2.45, 2.75) is 36.8 Å². The van der Waals surface area contributed by atoms with Crippen LogP contribution >= 0.6 is 0 Å². The Labute approximate surface area is 160 Å². The molecule has 1 N–H and O–H groups in total. The molecule has 144 valence electrons. The van der Waals surface area contributed by atoms with Crippen molar-refractivity contribution in [1.29, 1.82) is 0 Å². The zero-order valence-electron chi connectivity index (χ0n) is 15.0. The molecular weight excluding hydrogens is 366 g/mol. The minimum Gasteiger partial charge on any atom is -0.328 e. The van der Waals surface area contributed by atoms with Crippen LogP contribution in [0.2, 0.25) is 0 Å². The molecule has 3 aliphatic rings. The Balaban J connectivity index is 1.37. The summed E-state index contributed by atoms with van der Waals surface area (Å²) < 4.78 is 27.3. The van der Waals surface area contributed by atoms with E-state index in [1.165, 1.54) is 10.5 Å². The molecule has 6 nitrogen and oxygen atoms in total. The molecule has 8 heteroatoms. The molecule has 2 aliphatic carbocycles. The summed E-state index contributed by atoms with van der Waals surface area (Å²) in [6.07, 6.45) is 3.50. The van der Waals surface area contributed by atoms with Crippen molar-refractivity contribution < 1.29 is 18.4 Å². The lowest BCUT2D eigenvalue weighted by molar-refractivity contribution is -0.117. The van der Waals surface area contributed by atoms with Gasteiger partial charge in [-0.1, -0.05) is 12.1 Å². The number of nitrogens with zero attached hydrogens (tertiary/aromatic N) is 3. The molecule has 1 aliphatic heterocycles. The van der Waals surface area contributed by atoms with E-state index in [4.69, 9.17) is 0 Å². The van der Waals surface area contributed by atoms with Crippen molar-refractivity contribution in [1.82, 2.24) is 14.9 Å². The lowest BCUT2D eigenvalue weighted by Crippen LogP contribution is -2.47. The fraction of sp³-hybridized carbons (Fsp3) is 0.400. The predicted octanol–water partition coefficient (Wildman–Crippen LogP) is 2.57. The van der Waals surface area contributed by atoms with Crippen LogP contribution in [-0.4, -0.2) is 45.9 Å². The molecule has 0 radical (unpaired) electrons. The highest BCUT2D eigenvalue weighted by Gasteiger charge is 2.61. The Morgan fingerprint density at radius 2 is 2.00 bits per heavy atom. The molecule has 1 aromatic carbocycles. The Morgan fingerprint density at radius 3 is 2.64 bits per heavy atom. The van der Waals surface area contributed by atoms with Gasteiger partial charge in [0.15, 0.2) is 5.82 Å². The summed E-state index contributed by atoms with van der Waals surface area (Å²) in [5.41, 5.74) is 1.72. The number of anilines is 1. The van der Waals surface area contributed by atoms with E-state index in [1.54, 1.807) is 6.07 Å². The monoisotopic (exact) mass is 384 g/mol. The highest BCUT2D eigenvalue weighted by Crippen LogP contribution is 2.55. The number of carbonyl (C=O) groups is 2. The molecule has 1 aromatic heterocycles. The quantitative estimate of drug-likeness (QED) is 0.879. The van der Waals surface area contributed by atoms with Crippen LogP contribution in [0.25, 0.3) is 0 Å². The van der Waals surface area contributed by atoms with E-state index >= 15 is 0 Å². The van der Waals surface area contributed by atoms with Crippen LogP contribution in [0.15, 0.2) is 30.6 Å². The molecule has 1 spiro atoms. The molecule has 2 fully saturated rings. The van der Waals surface area contributed by atoms with Gasteiger partial charge < -0.3 is 4.90 Å². The smallest absolute Gasteiger partial charge is 0.254 e. The molecule has 2 amide bonds. The number of fused-ring (bicyclic) bond motifs is 2. The lowest BCUT2D eigenvalue weighted by atomic mass is 9.84. The van der Waals surface area contributed by atoms with Gasteiger partial charge in [0.1, 0.15) is 12.7 Å². The van der Waals surface area contributed by atoms with E-state index in [0.29, 0.717) is 17.9 Å². The van der Waals surface area contributed by atoms with E-state index in [1.807, 2.05) is 12.1 Å². The zero-order chi connectivity index (χ0) is 19.5. The van der Waals surface area contributed by atoms with Crippen molar-refractivity contribution in [2.75, 3.05) is 18.4 Å². The summed E-state index contributed by atoms with van der Waals surface area (Å²) in [5, 5.41) is 2.44. The molecular formula is C20H18F2N4O2. The van der Waals surface area contributed by atoms with E-state index in [9.17, 15) is 18.4 Å². The van der Waals surface area contributed by atoms with Crippen molar-refractivity contribution in [2.24, 2.45) is 0 Å². The van der Waals surface area contributed by atoms with E-state index in [2.05, 4.69) is 15.3 Å². The van der Waals surface area contributed by atoms with Gasteiger partial charge in [-0.15, -0.1) is 0 Å². The van der Waals surface area contributed by atoms with Crippen LogP contribution in [0.1, 0.15) is 46.7 Å². The van der Waals surface area contributed by atoms with E-state index in [-0.39, 0.29) is 24.9 Å². The van der Waals surface area contributed by atoms with Crippen molar-refractivity contribution in [3.63, 3.8) is 0 Å². The standard InChI is InChI=1S/C20H18F2N4O2/c21-13-7-23-19(24-8-13)25-17(27)9-26-10-20(6-16(20)22)15-5-12(11-1-2-11)3-4-14(15)18(26)28/h3-5,7-8,11,16H,1-2,6,9-10H2,(H,23,24,25,27)/t16-,20+/m1/s1. The van der Waals surface area contributed by atoms with Gasteiger partial charge in [0.25, 0.3) is 5.91 Å². The topological polar surface area (TPSA) is 75.2 Å². The van der Waals surface area contributed by atoms with Crippen LogP contribution < -0.4 is 5.32 Å². The highest BCUT2D eigenvalue weighted by atomic mass is 19.1. The second-order valence-electron chi connectivity index (χ2n) is 7.84. The maximum atomic E-state index is 14.4. The number of rotatable bonds is 4. The molecule has 0 bridgehead atoms. The third-order valence-electron chi connectivity index (χ3n) is 5.81. The van der Waals surface area contributed by atoms with Gasteiger partial charge in [-0.05, 0) is 42.4 Å². The Kier molecular flexibility index (Phi) is 3.72. The number of benzene rings is 1. The van der Waals surface area contributed by atoms with Crippen molar-refractivity contribution >= 4 is 17.8 Å². The first-order valence-electron chi connectivity index (χ1n) is 9.31. The van der Waals surface area contributed by atoms with Crippen LogP contribution in [-0.2, 0) is 10.2 Å².